The number of alkyl halides is 3. The van der Waals surface area contributed by atoms with E-state index in [9.17, 15) is 18.3 Å². The van der Waals surface area contributed by atoms with Gasteiger partial charge in [0.2, 0.25) is 0 Å². The predicted molar refractivity (Wildman–Crippen MR) is 53.9 cm³/mol. The molecule has 0 aliphatic heterocycles. The van der Waals surface area contributed by atoms with E-state index in [-0.39, 0.29) is 12.1 Å². The maximum atomic E-state index is 12.6. The number of aliphatic hydroxyl groups is 1. The number of hydrogen-bond acceptors (Lipinski definition) is 2. The maximum Gasteiger partial charge on any atom is 0.418 e. The number of nitrogens with zero attached hydrogens (tertiary/aromatic N) is 1. The van der Waals surface area contributed by atoms with Gasteiger partial charge in [-0.1, -0.05) is 13.3 Å². The molecule has 1 rings (SSSR count). The third kappa shape index (κ3) is 3.48. The molecule has 0 aromatic carbocycles. The molecular weight excluding hydrogens is 219 g/mol. The van der Waals surface area contributed by atoms with E-state index in [0.29, 0.717) is 6.42 Å². The molecular formula is C11H14F3NO. The molecule has 0 aliphatic carbocycles. The fourth-order valence-electron chi connectivity index (χ4n) is 1.52. The quantitative estimate of drug-likeness (QED) is 0.867. The lowest BCUT2D eigenvalue weighted by molar-refractivity contribution is -0.138. The molecule has 1 N–H and O–H groups in total. The van der Waals surface area contributed by atoms with Gasteiger partial charge in [-0.05, 0) is 18.6 Å². The zero-order valence-electron chi connectivity index (χ0n) is 8.96. The molecule has 90 valence electrons. The summed E-state index contributed by atoms with van der Waals surface area (Å²) in [6, 6.07) is 2.24. The molecule has 1 unspecified atom stereocenters. The zero-order valence-corrected chi connectivity index (χ0v) is 8.96. The molecule has 16 heavy (non-hydrogen) atoms. The summed E-state index contributed by atoms with van der Waals surface area (Å²) in [7, 11) is 0. The van der Waals surface area contributed by atoms with Crippen LogP contribution in [0.3, 0.4) is 0 Å². The van der Waals surface area contributed by atoms with Crippen molar-refractivity contribution in [2.75, 3.05) is 0 Å². The van der Waals surface area contributed by atoms with E-state index < -0.39 is 17.8 Å². The van der Waals surface area contributed by atoms with Crippen LogP contribution in [-0.4, -0.2) is 16.2 Å². The first kappa shape index (κ1) is 13.0. The summed E-state index contributed by atoms with van der Waals surface area (Å²) in [6.45, 7) is 1.87. The Balaban J connectivity index is 2.87. The van der Waals surface area contributed by atoms with Gasteiger partial charge in [0.15, 0.2) is 0 Å². The van der Waals surface area contributed by atoms with Crippen LogP contribution in [0, 0.1) is 0 Å². The number of hydrogen-bond donors (Lipinski definition) is 1. The molecule has 1 aromatic rings. The van der Waals surface area contributed by atoms with Crippen molar-refractivity contribution in [3.63, 3.8) is 0 Å². The summed E-state index contributed by atoms with van der Waals surface area (Å²) in [6.07, 6.45) is -2.70. The first-order valence-corrected chi connectivity index (χ1v) is 5.14. The van der Waals surface area contributed by atoms with Gasteiger partial charge in [0.05, 0.1) is 17.4 Å². The average Bonchev–Trinajstić information content (AvgIpc) is 2.17. The molecule has 2 nitrogen and oxygen atoms in total. The molecule has 0 radical (unpaired) electrons. The number of aromatic nitrogens is 1. The van der Waals surface area contributed by atoms with E-state index in [4.69, 9.17) is 0 Å². The summed E-state index contributed by atoms with van der Waals surface area (Å²) >= 11 is 0. The predicted octanol–water partition coefficient (Wildman–Crippen LogP) is 2.80. The molecule has 0 aliphatic rings. The highest BCUT2D eigenvalue weighted by molar-refractivity contribution is 5.23. The lowest BCUT2D eigenvalue weighted by Crippen LogP contribution is -2.16. The molecule has 0 saturated carbocycles. The molecule has 0 fully saturated rings. The molecule has 1 aromatic heterocycles. The third-order valence-corrected chi connectivity index (χ3v) is 2.25. The van der Waals surface area contributed by atoms with Gasteiger partial charge < -0.3 is 5.11 Å². The summed E-state index contributed by atoms with van der Waals surface area (Å²) < 4.78 is 37.7. The number of halogens is 3. The van der Waals surface area contributed by atoms with Gasteiger partial charge in [0.1, 0.15) is 0 Å². The van der Waals surface area contributed by atoms with Crippen molar-refractivity contribution < 1.29 is 18.3 Å². The van der Waals surface area contributed by atoms with E-state index in [1.807, 2.05) is 6.92 Å². The van der Waals surface area contributed by atoms with Crippen molar-refractivity contribution >= 4 is 0 Å². The van der Waals surface area contributed by atoms with Gasteiger partial charge in [0.25, 0.3) is 0 Å². The fraction of sp³-hybridized carbons (Fsp3) is 0.545. The Morgan fingerprint density at radius 1 is 1.44 bits per heavy atom. The number of rotatable bonds is 4. The van der Waals surface area contributed by atoms with Crippen LogP contribution in [0.2, 0.25) is 0 Å². The van der Waals surface area contributed by atoms with Gasteiger partial charge in [-0.2, -0.15) is 13.2 Å². The third-order valence-electron chi connectivity index (χ3n) is 2.25. The van der Waals surface area contributed by atoms with Crippen LogP contribution in [0.25, 0.3) is 0 Å². The van der Waals surface area contributed by atoms with Crippen molar-refractivity contribution in [1.82, 2.24) is 4.98 Å². The van der Waals surface area contributed by atoms with Gasteiger partial charge in [-0.25, -0.2) is 0 Å². The fourth-order valence-corrected chi connectivity index (χ4v) is 1.52. The molecule has 1 atom stereocenters. The minimum Gasteiger partial charge on any atom is -0.393 e. The number of pyridine rings is 1. The van der Waals surface area contributed by atoms with Crippen LogP contribution in [0.5, 0.6) is 0 Å². The summed E-state index contributed by atoms with van der Waals surface area (Å²) in [5.74, 6) is 0. The van der Waals surface area contributed by atoms with Crippen LogP contribution in [0.1, 0.15) is 31.0 Å². The molecule has 0 saturated heterocycles. The largest absolute Gasteiger partial charge is 0.418 e. The van der Waals surface area contributed by atoms with Crippen molar-refractivity contribution in [3.05, 3.63) is 29.6 Å². The lowest BCUT2D eigenvalue weighted by atomic mass is 10.0. The Morgan fingerprint density at radius 3 is 2.69 bits per heavy atom. The molecule has 5 heteroatoms. The average molecular weight is 233 g/mol. The summed E-state index contributed by atoms with van der Waals surface area (Å²) in [5.41, 5.74) is -0.846. The van der Waals surface area contributed by atoms with Crippen LogP contribution in [0.15, 0.2) is 18.3 Å². The second-order valence-electron chi connectivity index (χ2n) is 3.64. The van der Waals surface area contributed by atoms with Gasteiger partial charge in [0, 0.05) is 12.6 Å². The van der Waals surface area contributed by atoms with Gasteiger partial charge in [-0.15, -0.1) is 0 Å². The van der Waals surface area contributed by atoms with Gasteiger partial charge >= 0.3 is 6.18 Å². The molecule has 0 bridgehead atoms. The first-order chi connectivity index (χ1) is 7.45. The van der Waals surface area contributed by atoms with E-state index in [2.05, 4.69) is 4.98 Å². The smallest absolute Gasteiger partial charge is 0.393 e. The minimum atomic E-state index is -4.41. The second kappa shape index (κ2) is 5.30. The lowest BCUT2D eigenvalue weighted by Gasteiger charge is -2.14. The minimum absolute atomic E-state index is 0.0521. The van der Waals surface area contributed by atoms with Crippen molar-refractivity contribution in [3.8, 4) is 0 Å². The number of aliphatic hydroxyl groups excluding tert-OH is 1. The first-order valence-electron chi connectivity index (χ1n) is 5.14. The van der Waals surface area contributed by atoms with Crippen molar-refractivity contribution in [2.24, 2.45) is 0 Å². The van der Waals surface area contributed by atoms with Crippen LogP contribution >= 0.6 is 0 Å². The van der Waals surface area contributed by atoms with E-state index >= 15 is 0 Å². The van der Waals surface area contributed by atoms with E-state index in [1.54, 1.807) is 0 Å². The van der Waals surface area contributed by atoms with Crippen LogP contribution < -0.4 is 0 Å². The molecule has 1 heterocycles. The standard InChI is InChI=1S/C11H14F3NO/c1-2-4-8(16)7-10-9(11(12,13)14)5-3-6-15-10/h3,5-6,8,16H,2,4,7H2,1H3. The Kier molecular flexibility index (Phi) is 4.29. The van der Waals surface area contributed by atoms with Crippen molar-refractivity contribution in [1.29, 1.82) is 0 Å². The Labute approximate surface area is 92.1 Å². The summed E-state index contributed by atoms with van der Waals surface area (Å²) in [4.78, 5) is 3.69. The normalized spacial score (nSPS) is 13.8. The van der Waals surface area contributed by atoms with E-state index in [0.717, 1.165) is 12.5 Å². The highest BCUT2D eigenvalue weighted by Crippen LogP contribution is 2.31. The monoisotopic (exact) mass is 233 g/mol. The van der Waals surface area contributed by atoms with Gasteiger partial charge in [-0.3, -0.25) is 4.98 Å². The van der Waals surface area contributed by atoms with Crippen LogP contribution in [0.4, 0.5) is 13.2 Å². The van der Waals surface area contributed by atoms with E-state index in [1.165, 1.54) is 12.3 Å². The summed E-state index contributed by atoms with van der Waals surface area (Å²) in [5, 5.41) is 9.49. The highest BCUT2D eigenvalue weighted by atomic mass is 19.4. The Bertz CT molecular complexity index is 338. The Morgan fingerprint density at radius 2 is 2.12 bits per heavy atom. The molecule has 0 amide bonds. The SMILES string of the molecule is CCCC(O)Cc1ncccc1C(F)(F)F. The molecule has 0 spiro atoms. The Hall–Kier alpha value is -1.10. The topological polar surface area (TPSA) is 33.1 Å². The van der Waals surface area contributed by atoms with Crippen molar-refractivity contribution in [2.45, 2.75) is 38.5 Å². The van der Waals surface area contributed by atoms with Crippen LogP contribution in [-0.2, 0) is 12.6 Å². The zero-order chi connectivity index (χ0) is 12.2. The maximum absolute atomic E-state index is 12.6. The second-order valence-corrected chi connectivity index (χ2v) is 3.64. The highest BCUT2D eigenvalue weighted by Gasteiger charge is 2.34.